The van der Waals surface area contributed by atoms with Crippen LogP contribution in [0.15, 0.2) is 24.4 Å². The molecular formula is C18H27N3O2. The highest BCUT2D eigenvalue weighted by atomic mass is 16.3. The third-order valence-corrected chi connectivity index (χ3v) is 4.77. The number of hydrogen-bond acceptors (Lipinski definition) is 4. The first-order valence-electron chi connectivity index (χ1n) is 8.32. The second-order valence-corrected chi connectivity index (χ2v) is 6.49. The first kappa shape index (κ1) is 17.5. The van der Waals surface area contributed by atoms with Gasteiger partial charge >= 0.3 is 0 Å². The molecule has 1 fully saturated rings. The number of aromatic nitrogens is 1. The number of nitrogens with two attached hydrogens (primary N) is 1. The fourth-order valence-electron chi connectivity index (χ4n) is 3.15. The van der Waals surface area contributed by atoms with Crippen molar-refractivity contribution in [3.05, 3.63) is 30.1 Å². The number of nitrogens with one attached hydrogen (secondary N) is 1. The summed E-state index contributed by atoms with van der Waals surface area (Å²) in [5.41, 5.74) is 7.75. The van der Waals surface area contributed by atoms with E-state index < -0.39 is 0 Å². The molecule has 5 heteroatoms. The predicted octanol–water partition coefficient (Wildman–Crippen LogP) is 3.19. The Morgan fingerprint density at radius 1 is 1.57 bits per heavy atom. The Bertz CT molecular complexity index is 586. The van der Waals surface area contributed by atoms with Crippen molar-refractivity contribution in [2.24, 2.45) is 5.41 Å². The Labute approximate surface area is 138 Å². The molecule has 2 unspecified atom stereocenters. The highest BCUT2D eigenvalue weighted by Crippen LogP contribution is 2.48. The van der Waals surface area contributed by atoms with Gasteiger partial charge in [0.2, 0.25) is 5.91 Å². The van der Waals surface area contributed by atoms with Crippen molar-refractivity contribution in [2.75, 3.05) is 11.1 Å². The molecule has 126 valence electrons. The van der Waals surface area contributed by atoms with Crippen LogP contribution in [0.2, 0.25) is 0 Å². The smallest absolute Gasteiger partial charge is 0.228 e. The lowest BCUT2D eigenvalue weighted by Crippen LogP contribution is -2.44. The fourth-order valence-corrected chi connectivity index (χ4v) is 3.15. The topological polar surface area (TPSA) is 88.2 Å². The number of nitrogen functional groups attached to an aromatic ring is 1. The number of pyridine rings is 1. The van der Waals surface area contributed by atoms with E-state index >= 15 is 0 Å². The van der Waals surface area contributed by atoms with Crippen LogP contribution in [0.1, 0.15) is 51.1 Å². The minimum absolute atomic E-state index is 0.0387. The number of nitrogens with zero attached hydrogens (tertiary/aromatic N) is 1. The number of hydrogen-bond donors (Lipinski definition) is 3. The van der Waals surface area contributed by atoms with Crippen LogP contribution in [0.3, 0.4) is 0 Å². The van der Waals surface area contributed by atoms with E-state index in [4.69, 9.17) is 5.73 Å². The predicted molar refractivity (Wildman–Crippen MR) is 93.0 cm³/mol. The maximum Gasteiger partial charge on any atom is 0.228 e. The summed E-state index contributed by atoms with van der Waals surface area (Å²) in [7, 11) is 0. The zero-order valence-corrected chi connectivity index (χ0v) is 14.0. The number of amides is 1. The molecule has 0 aliphatic heterocycles. The standard InChI is InChI=1S/C18H27N3O2/c1-3-8-18(10-7-16(18)22)9-5-4-6-17(23)21-14-11-15(19)13(2)20-12-14/h4-5,11-12,16,22H,3,6-10,19H2,1-2H3,(H,21,23)/b5-4+. The fraction of sp³-hybridized carbons (Fsp3) is 0.556. The maximum atomic E-state index is 11.9. The van der Waals surface area contributed by atoms with Crippen LogP contribution in [0.25, 0.3) is 0 Å². The SMILES string of the molecule is CCCC1(C/C=C/CC(=O)Nc2cnc(C)c(N)c2)CCC1O. The molecule has 2 rings (SSSR count). The number of aliphatic hydroxyl groups is 1. The van der Waals surface area contributed by atoms with E-state index in [9.17, 15) is 9.90 Å². The number of carbonyl (C=O) groups is 1. The Morgan fingerprint density at radius 2 is 2.35 bits per heavy atom. The lowest BCUT2D eigenvalue weighted by molar-refractivity contribution is -0.115. The molecule has 23 heavy (non-hydrogen) atoms. The molecule has 0 saturated heterocycles. The molecule has 1 amide bonds. The number of carbonyl (C=O) groups excluding carboxylic acids is 1. The van der Waals surface area contributed by atoms with Crippen molar-refractivity contribution in [3.63, 3.8) is 0 Å². The van der Waals surface area contributed by atoms with Gasteiger partial charge < -0.3 is 16.2 Å². The van der Waals surface area contributed by atoms with Gasteiger partial charge in [0.1, 0.15) is 0 Å². The molecule has 1 aliphatic carbocycles. The second kappa shape index (κ2) is 7.59. The molecule has 2 atom stereocenters. The van der Waals surface area contributed by atoms with Crippen molar-refractivity contribution in [2.45, 2.75) is 58.5 Å². The van der Waals surface area contributed by atoms with Crippen molar-refractivity contribution in [3.8, 4) is 0 Å². The van der Waals surface area contributed by atoms with Gasteiger partial charge in [-0.15, -0.1) is 0 Å². The van der Waals surface area contributed by atoms with E-state index in [1.807, 2.05) is 19.1 Å². The van der Waals surface area contributed by atoms with Crippen molar-refractivity contribution in [1.29, 1.82) is 0 Å². The Kier molecular flexibility index (Phi) is 5.77. The lowest BCUT2D eigenvalue weighted by atomic mass is 9.62. The Balaban J connectivity index is 1.80. The molecule has 0 spiro atoms. The molecule has 1 aromatic rings. The molecule has 1 saturated carbocycles. The first-order valence-corrected chi connectivity index (χ1v) is 8.32. The largest absolute Gasteiger partial charge is 0.397 e. The van der Waals surface area contributed by atoms with Crippen molar-refractivity contribution < 1.29 is 9.90 Å². The highest BCUT2D eigenvalue weighted by molar-refractivity contribution is 5.91. The van der Waals surface area contributed by atoms with Crippen LogP contribution in [0, 0.1) is 12.3 Å². The van der Waals surface area contributed by atoms with E-state index in [0.717, 1.165) is 37.8 Å². The average Bonchev–Trinajstić information content (AvgIpc) is 2.52. The first-order chi connectivity index (χ1) is 11.0. The third-order valence-electron chi connectivity index (χ3n) is 4.77. The van der Waals surface area contributed by atoms with Crippen LogP contribution in [-0.2, 0) is 4.79 Å². The monoisotopic (exact) mass is 317 g/mol. The number of aryl methyl sites for hydroxylation is 1. The summed E-state index contributed by atoms with van der Waals surface area (Å²) in [6.07, 6.45) is 10.6. The number of allylic oxidation sites excluding steroid dienone is 1. The van der Waals surface area contributed by atoms with Gasteiger partial charge in [0.15, 0.2) is 0 Å². The third kappa shape index (κ3) is 4.32. The summed E-state index contributed by atoms with van der Waals surface area (Å²) in [4.78, 5) is 16.0. The molecule has 0 aromatic carbocycles. The summed E-state index contributed by atoms with van der Waals surface area (Å²) in [5, 5.41) is 12.8. The molecule has 1 aromatic heterocycles. The van der Waals surface area contributed by atoms with Crippen LogP contribution < -0.4 is 11.1 Å². The molecule has 4 N–H and O–H groups in total. The summed E-state index contributed by atoms with van der Waals surface area (Å²) in [5.74, 6) is -0.0926. The van der Waals surface area contributed by atoms with E-state index in [1.165, 1.54) is 0 Å². The molecule has 1 heterocycles. The number of aliphatic hydroxyl groups excluding tert-OH is 1. The van der Waals surface area contributed by atoms with Crippen molar-refractivity contribution in [1.82, 2.24) is 4.98 Å². The van der Waals surface area contributed by atoms with Crippen LogP contribution in [0.4, 0.5) is 11.4 Å². The van der Waals surface area contributed by atoms with Gasteiger partial charge in [0.05, 0.1) is 29.4 Å². The van der Waals surface area contributed by atoms with E-state index in [2.05, 4.69) is 17.2 Å². The van der Waals surface area contributed by atoms with E-state index in [0.29, 0.717) is 17.8 Å². The van der Waals surface area contributed by atoms with E-state index in [1.54, 1.807) is 12.3 Å². The number of anilines is 2. The van der Waals surface area contributed by atoms with Gasteiger partial charge in [0, 0.05) is 6.42 Å². The second-order valence-electron chi connectivity index (χ2n) is 6.49. The lowest BCUT2D eigenvalue weighted by Gasteiger charge is -2.46. The molecular weight excluding hydrogens is 290 g/mol. The molecule has 0 radical (unpaired) electrons. The van der Waals surface area contributed by atoms with Crippen molar-refractivity contribution >= 4 is 17.3 Å². The minimum atomic E-state index is -0.192. The van der Waals surface area contributed by atoms with Gasteiger partial charge in [-0.3, -0.25) is 9.78 Å². The maximum absolute atomic E-state index is 11.9. The van der Waals surface area contributed by atoms with Crippen LogP contribution in [0.5, 0.6) is 0 Å². The minimum Gasteiger partial charge on any atom is -0.397 e. The normalized spacial score (nSPS) is 23.7. The van der Waals surface area contributed by atoms with Gasteiger partial charge in [0.25, 0.3) is 0 Å². The average molecular weight is 317 g/mol. The highest BCUT2D eigenvalue weighted by Gasteiger charge is 2.43. The summed E-state index contributed by atoms with van der Waals surface area (Å²) in [6.45, 7) is 3.97. The van der Waals surface area contributed by atoms with Crippen LogP contribution in [-0.4, -0.2) is 22.1 Å². The molecule has 1 aliphatic rings. The number of rotatable bonds is 7. The van der Waals surface area contributed by atoms with Gasteiger partial charge in [-0.25, -0.2) is 0 Å². The summed E-state index contributed by atoms with van der Waals surface area (Å²) < 4.78 is 0. The van der Waals surface area contributed by atoms with Gasteiger partial charge in [-0.05, 0) is 44.1 Å². The van der Waals surface area contributed by atoms with Crippen LogP contribution >= 0.6 is 0 Å². The Morgan fingerprint density at radius 3 is 2.91 bits per heavy atom. The van der Waals surface area contributed by atoms with E-state index in [-0.39, 0.29) is 17.4 Å². The zero-order valence-electron chi connectivity index (χ0n) is 14.0. The van der Waals surface area contributed by atoms with Gasteiger partial charge in [-0.1, -0.05) is 25.5 Å². The molecule has 5 nitrogen and oxygen atoms in total. The Hall–Kier alpha value is -1.88. The quantitative estimate of drug-likeness (QED) is 0.674. The molecule has 0 bridgehead atoms. The van der Waals surface area contributed by atoms with Gasteiger partial charge in [-0.2, -0.15) is 0 Å². The summed E-state index contributed by atoms with van der Waals surface area (Å²) in [6, 6.07) is 1.71. The zero-order chi connectivity index (χ0) is 16.9. The summed E-state index contributed by atoms with van der Waals surface area (Å²) >= 11 is 0.